The van der Waals surface area contributed by atoms with Crippen molar-refractivity contribution in [3.05, 3.63) is 72.8 Å². The Hall–Kier alpha value is -3.91. The number of carbonyl (C=O) groups excluding carboxylic acids is 2. The number of aliphatic imine (C=N–C) groups is 1. The van der Waals surface area contributed by atoms with E-state index in [0.29, 0.717) is 12.1 Å². The van der Waals surface area contributed by atoms with Crippen molar-refractivity contribution in [2.45, 2.75) is 56.9 Å². The number of hydrogen-bond acceptors (Lipinski definition) is 7. The van der Waals surface area contributed by atoms with Crippen molar-refractivity contribution < 1.29 is 14.3 Å². The quantitative estimate of drug-likeness (QED) is 0.219. The summed E-state index contributed by atoms with van der Waals surface area (Å²) in [6.45, 7) is 2.04. The number of imidazole rings is 1. The predicted octanol–water partition coefficient (Wildman–Crippen LogP) is 5.54. The van der Waals surface area contributed by atoms with Gasteiger partial charge in [0.1, 0.15) is 16.7 Å². The molecule has 1 aromatic carbocycles. The van der Waals surface area contributed by atoms with Crippen LogP contribution in [0.25, 0.3) is 28.1 Å². The van der Waals surface area contributed by atoms with Crippen LogP contribution >= 0.6 is 11.6 Å². The number of esters is 1. The predicted molar refractivity (Wildman–Crippen MR) is 154 cm³/mol. The minimum atomic E-state index is -0.764. The second-order valence-electron chi connectivity index (χ2n) is 10.4. The molecule has 1 spiro atoms. The number of rotatable bonds is 7. The van der Waals surface area contributed by atoms with Crippen LogP contribution in [0, 0.1) is 5.41 Å². The van der Waals surface area contributed by atoms with Gasteiger partial charge in [0.25, 0.3) is 0 Å². The van der Waals surface area contributed by atoms with E-state index in [1.807, 2.05) is 42.5 Å². The molecular formula is C31H30ClN5O3. The van der Waals surface area contributed by atoms with Gasteiger partial charge in [-0.2, -0.15) is 0 Å². The fourth-order valence-corrected chi connectivity index (χ4v) is 6.45. The second kappa shape index (κ2) is 10.9. The van der Waals surface area contributed by atoms with Gasteiger partial charge in [-0.15, -0.1) is 11.6 Å². The van der Waals surface area contributed by atoms with E-state index in [9.17, 15) is 9.59 Å². The highest BCUT2D eigenvalue weighted by atomic mass is 35.5. The van der Waals surface area contributed by atoms with Gasteiger partial charge in [-0.1, -0.05) is 31.4 Å². The number of ether oxygens (including phenoxy) is 1. The molecule has 40 heavy (non-hydrogen) atoms. The van der Waals surface area contributed by atoms with E-state index < -0.39 is 22.8 Å². The molecule has 8 nitrogen and oxygen atoms in total. The normalized spacial score (nSPS) is 20.0. The fourth-order valence-electron chi connectivity index (χ4n) is 5.98. The average molecular weight is 556 g/mol. The highest BCUT2D eigenvalue weighted by Crippen LogP contribution is 2.49. The summed E-state index contributed by atoms with van der Waals surface area (Å²) in [5, 5.41) is -0.757. The average Bonchev–Trinajstić information content (AvgIpc) is 3.40. The Balaban J connectivity index is 1.32. The largest absolute Gasteiger partial charge is 0.464 e. The van der Waals surface area contributed by atoms with E-state index in [1.165, 1.54) is 0 Å². The maximum atomic E-state index is 13.0. The van der Waals surface area contributed by atoms with Crippen molar-refractivity contribution in [3.63, 3.8) is 0 Å². The molecule has 0 N–H and O–H groups in total. The number of carbonyl (C=O) groups is 2. The first kappa shape index (κ1) is 26.3. The third kappa shape index (κ3) is 4.60. The van der Waals surface area contributed by atoms with Crippen LogP contribution in [0.2, 0.25) is 0 Å². The lowest BCUT2D eigenvalue weighted by Gasteiger charge is -2.47. The van der Waals surface area contributed by atoms with Crippen LogP contribution in [0.4, 0.5) is 0 Å². The van der Waals surface area contributed by atoms with Gasteiger partial charge in [0, 0.05) is 36.3 Å². The molecule has 0 radical (unpaired) electrons. The van der Waals surface area contributed by atoms with E-state index in [0.717, 1.165) is 65.8 Å². The highest BCUT2D eigenvalue weighted by Gasteiger charge is 2.58. The number of halogens is 1. The summed E-state index contributed by atoms with van der Waals surface area (Å²) < 4.78 is 7.46. The SMILES string of the molecule is CCOC(=O)[C@H](Cc1ccc(-n2c(-c3cccnc3)nc3cnccc32)cc1)N=C1C(Cl)C(=O)C12CCCCC2. The maximum absolute atomic E-state index is 13.0. The van der Waals surface area contributed by atoms with Crippen LogP contribution in [0.1, 0.15) is 44.6 Å². The van der Waals surface area contributed by atoms with E-state index in [2.05, 4.69) is 14.5 Å². The molecular weight excluding hydrogens is 526 g/mol. The number of fused-ring (bicyclic) bond motifs is 1. The van der Waals surface area contributed by atoms with Gasteiger partial charge >= 0.3 is 5.97 Å². The lowest BCUT2D eigenvalue weighted by Crippen LogP contribution is -2.61. The number of aromatic nitrogens is 4. The Labute approximate surface area is 237 Å². The van der Waals surface area contributed by atoms with Crippen molar-refractivity contribution in [3.8, 4) is 17.1 Å². The lowest BCUT2D eigenvalue weighted by molar-refractivity contribution is -0.144. The van der Waals surface area contributed by atoms with Gasteiger partial charge in [0.05, 0.1) is 29.4 Å². The topological polar surface area (TPSA) is 99.3 Å². The van der Waals surface area contributed by atoms with Crippen molar-refractivity contribution in [2.75, 3.05) is 6.61 Å². The summed E-state index contributed by atoms with van der Waals surface area (Å²) in [5.41, 5.74) is 4.51. The summed E-state index contributed by atoms with van der Waals surface area (Å²) in [6, 6.07) is 13.0. The number of ketones is 1. The first-order valence-electron chi connectivity index (χ1n) is 13.8. The number of hydrogen-bond donors (Lipinski definition) is 0. The lowest BCUT2D eigenvalue weighted by atomic mass is 9.58. The molecule has 2 atom stereocenters. The molecule has 2 aliphatic rings. The summed E-state index contributed by atoms with van der Waals surface area (Å²) in [7, 11) is 0. The molecule has 2 fully saturated rings. The number of alkyl halides is 1. The van der Waals surface area contributed by atoms with Gasteiger partial charge in [-0.25, -0.2) is 9.78 Å². The zero-order valence-corrected chi connectivity index (χ0v) is 23.1. The first-order valence-corrected chi connectivity index (χ1v) is 14.2. The van der Waals surface area contributed by atoms with E-state index >= 15 is 0 Å². The van der Waals surface area contributed by atoms with Crippen LogP contribution in [-0.4, -0.2) is 55.0 Å². The summed E-state index contributed by atoms with van der Waals surface area (Å²) >= 11 is 6.46. The van der Waals surface area contributed by atoms with Gasteiger partial charge in [-0.3, -0.25) is 24.3 Å². The molecule has 0 aliphatic heterocycles. The molecule has 0 bridgehead atoms. The molecule has 0 amide bonds. The molecule has 3 heterocycles. The molecule has 0 saturated heterocycles. The Morgan fingerprint density at radius 3 is 2.60 bits per heavy atom. The third-order valence-corrected chi connectivity index (χ3v) is 8.40. The Kier molecular flexibility index (Phi) is 7.19. The van der Waals surface area contributed by atoms with Crippen LogP contribution in [0.15, 0.2) is 72.2 Å². The molecule has 2 aliphatic carbocycles. The zero-order valence-electron chi connectivity index (χ0n) is 22.3. The number of nitrogens with zero attached hydrogens (tertiary/aromatic N) is 5. The van der Waals surface area contributed by atoms with Crippen molar-refractivity contribution >= 4 is 40.1 Å². The minimum absolute atomic E-state index is 0.0479. The zero-order chi connectivity index (χ0) is 27.7. The molecule has 3 aromatic heterocycles. The third-order valence-electron chi connectivity index (χ3n) is 7.99. The van der Waals surface area contributed by atoms with Gasteiger partial charge < -0.3 is 4.74 Å². The van der Waals surface area contributed by atoms with E-state index in [4.69, 9.17) is 26.3 Å². The van der Waals surface area contributed by atoms with Crippen LogP contribution in [0.3, 0.4) is 0 Å². The summed E-state index contributed by atoms with van der Waals surface area (Å²) in [4.78, 5) is 44.0. The van der Waals surface area contributed by atoms with Crippen LogP contribution in [-0.2, 0) is 20.7 Å². The standard InChI is InChI=1S/C31H30ClN5O3/c1-2-40-30(39)23(35-27-26(32)28(38)31(27)13-4-3-5-14-31)17-20-8-10-22(11-9-20)37-25-12-16-34-19-24(25)36-29(37)21-7-6-15-33-18-21/h6-12,15-16,18-19,23,26H,2-5,13-14,17H2,1H3/t23-,26?/m0/s1. The summed E-state index contributed by atoms with van der Waals surface area (Å²) in [5.74, 6) is 0.409. The Morgan fingerprint density at radius 1 is 1.10 bits per heavy atom. The molecule has 204 valence electrons. The first-order chi connectivity index (χ1) is 19.5. The van der Waals surface area contributed by atoms with Gasteiger partial charge in [-0.05, 0) is 55.7 Å². The summed E-state index contributed by atoms with van der Waals surface area (Å²) in [6.07, 6.45) is 11.9. The maximum Gasteiger partial charge on any atom is 0.331 e. The Bertz CT molecular complexity index is 1580. The van der Waals surface area contributed by atoms with E-state index in [-0.39, 0.29) is 12.4 Å². The molecule has 4 aromatic rings. The molecule has 6 rings (SSSR count). The minimum Gasteiger partial charge on any atom is -0.464 e. The van der Waals surface area contributed by atoms with Crippen LogP contribution < -0.4 is 0 Å². The van der Waals surface area contributed by atoms with Gasteiger partial charge in [0.2, 0.25) is 0 Å². The number of benzene rings is 1. The van der Waals surface area contributed by atoms with Crippen molar-refractivity contribution in [1.29, 1.82) is 0 Å². The smallest absolute Gasteiger partial charge is 0.331 e. The van der Waals surface area contributed by atoms with Crippen molar-refractivity contribution in [2.24, 2.45) is 10.4 Å². The molecule has 2 saturated carbocycles. The molecule has 9 heteroatoms. The van der Waals surface area contributed by atoms with E-state index in [1.54, 1.807) is 31.7 Å². The Morgan fingerprint density at radius 2 is 1.88 bits per heavy atom. The highest BCUT2D eigenvalue weighted by molar-refractivity contribution is 6.54. The van der Waals surface area contributed by atoms with Crippen molar-refractivity contribution in [1.82, 2.24) is 19.5 Å². The molecule has 1 unspecified atom stereocenters. The number of Topliss-reactive ketones (excluding diaryl/α,β-unsaturated/α-hetero) is 1. The monoisotopic (exact) mass is 555 g/mol. The second-order valence-corrected chi connectivity index (χ2v) is 10.8. The van der Waals surface area contributed by atoms with Gasteiger partial charge in [0.15, 0.2) is 11.8 Å². The number of pyridine rings is 2. The van der Waals surface area contributed by atoms with Crippen LogP contribution in [0.5, 0.6) is 0 Å². The fraction of sp³-hybridized carbons (Fsp3) is 0.355.